The predicted octanol–water partition coefficient (Wildman–Crippen LogP) is 2.04. The lowest BCUT2D eigenvalue weighted by atomic mass is 10.1. The SMILES string of the molecule is COC1CCN(C(=O)CCC(=O)c2ccc(F)cc2)C1. The molecule has 0 saturated carbocycles. The second-order valence-corrected chi connectivity index (χ2v) is 4.92. The minimum absolute atomic E-state index is 0.0278. The van der Waals surface area contributed by atoms with Gasteiger partial charge in [0.25, 0.3) is 0 Å². The third-order valence-corrected chi connectivity index (χ3v) is 3.56. The second kappa shape index (κ2) is 6.61. The van der Waals surface area contributed by atoms with Crippen LogP contribution < -0.4 is 0 Å². The van der Waals surface area contributed by atoms with Gasteiger partial charge in [-0.25, -0.2) is 4.39 Å². The standard InChI is InChI=1S/C15H18FNO3/c1-20-13-8-9-17(10-13)15(19)7-6-14(18)11-2-4-12(16)5-3-11/h2-5,13H,6-10H2,1H3. The van der Waals surface area contributed by atoms with Crippen LogP contribution in [0.2, 0.25) is 0 Å². The molecule has 1 aliphatic rings. The number of hydrogen-bond acceptors (Lipinski definition) is 3. The molecule has 1 aromatic carbocycles. The molecule has 4 nitrogen and oxygen atoms in total. The topological polar surface area (TPSA) is 46.6 Å². The van der Waals surface area contributed by atoms with Crippen LogP contribution in [0.4, 0.5) is 4.39 Å². The maximum absolute atomic E-state index is 12.8. The van der Waals surface area contributed by atoms with Crippen molar-refractivity contribution in [1.82, 2.24) is 4.90 Å². The van der Waals surface area contributed by atoms with Crippen molar-refractivity contribution in [3.8, 4) is 0 Å². The van der Waals surface area contributed by atoms with E-state index < -0.39 is 0 Å². The summed E-state index contributed by atoms with van der Waals surface area (Å²) in [5.74, 6) is -0.541. The minimum Gasteiger partial charge on any atom is -0.380 e. The minimum atomic E-state index is -0.375. The van der Waals surface area contributed by atoms with E-state index in [0.717, 1.165) is 6.42 Å². The number of likely N-dealkylation sites (tertiary alicyclic amines) is 1. The van der Waals surface area contributed by atoms with Crippen LogP contribution >= 0.6 is 0 Å². The first-order valence-electron chi connectivity index (χ1n) is 6.69. The summed E-state index contributed by atoms with van der Waals surface area (Å²) in [5.41, 5.74) is 0.440. The van der Waals surface area contributed by atoms with Gasteiger partial charge in [-0.05, 0) is 30.7 Å². The van der Waals surface area contributed by atoms with Crippen molar-refractivity contribution in [2.75, 3.05) is 20.2 Å². The van der Waals surface area contributed by atoms with Gasteiger partial charge in [-0.2, -0.15) is 0 Å². The highest BCUT2D eigenvalue weighted by molar-refractivity contribution is 5.97. The van der Waals surface area contributed by atoms with E-state index in [9.17, 15) is 14.0 Å². The first-order chi connectivity index (χ1) is 9.60. The molecule has 2 rings (SSSR count). The fraction of sp³-hybridized carbons (Fsp3) is 0.467. The Morgan fingerprint density at radius 3 is 2.60 bits per heavy atom. The lowest BCUT2D eigenvalue weighted by Gasteiger charge is -2.15. The van der Waals surface area contributed by atoms with E-state index in [2.05, 4.69) is 0 Å². The van der Waals surface area contributed by atoms with Gasteiger partial charge in [-0.3, -0.25) is 9.59 Å². The number of ether oxygens (including phenoxy) is 1. The molecule has 1 heterocycles. The van der Waals surface area contributed by atoms with Crippen molar-refractivity contribution >= 4 is 11.7 Å². The number of ketones is 1. The molecule has 0 aromatic heterocycles. The molecular weight excluding hydrogens is 261 g/mol. The molecule has 5 heteroatoms. The Labute approximate surface area is 117 Å². The van der Waals surface area contributed by atoms with E-state index in [1.165, 1.54) is 24.3 Å². The summed E-state index contributed by atoms with van der Waals surface area (Å²) < 4.78 is 18.0. The van der Waals surface area contributed by atoms with E-state index in [4.69, 9.17) is 4.74 Å². The lowest BCUT2D eigenvalue weighted by molar-refractivity contribution is -0.130. The molecule has 0 radical (unpaired) electrons. The van der Waals surface area contributed by atoms with Crippen molar-refractivity contribution in [3.05, 3.63) is 35.6 Å². The third kappa shape index (κ3) is 3.63. The Hall–Kier alpha value is -1.75. The summed E-state index contributed by atoms with van der Waals surface area (Å²) in [6, 6.07) is 5.38. The molecule has 1 aromatic rings. The van der Waals surface area contributed by atoms with E-state index in [1.54, 1.807) is 12.0 Å². The Bertz CT molecular complexity index is 486. The highest BCUT2D eigenvalue weighted by Gasteiger charge is 2.25. The highest BCUT2D eigenvalue weighted by Crippen LogP contribution is 2.14. The molecule has 0 aliphatic carbocycles. The molecular formula is C15H18FNO3. The van der Waals surface area contributed by atoms with E-state index in [1.807, 2.05) is 0 Å². The molecule has 1 saturated heterocycles. The first kappa shape index (κ1) is 14.7. The van der Waals surface area contributed by atoms with Gasteiger partial charge in [-0.1, -0.05) is 0 Å². The smallest absolute Gasteiger partial charge is 0.223 e. The maximum atomic E-state index is 12.8. The van der Waals surface area contributed by atoms with Gasteiger partial charge in [0.1, 0.15) is 5.82 Å². The molecule has 0 bridgehead atoms. The summed E-state index contributed by atoms with van der Waals surface area (Å²) in [5, 5.41) is 0. The third-order valence-electron chi connectivity index (χ3n) is 3.56. The summed E-state index contributed by atoms with van der Waals surface area (Å²) in [4.78, 5) is 25.6. The van der Waals surface area contributed by atoms with Crippen molar-refractivity contribution in [1.29, 1.82) is 0 Å². The molecule has 1 aliphatic heterocycles. The van der Waals surface area contributed by atoms with Crippen molar-refractivity contribution in [3.63, 3.8) is 0 Å². The summed E-state index contributed by atoms with van der Waals surface area (Å²) in [6.07, 6.45) is 1.28. The Morgan fingerprint density at radius 1 is 1.30 bits per heavy atom. The van der Waals surface area contributed by atoms with Gasteiger partial charge in [0.15, 0.2) is 5.78 Å². The molecule has 1 unspecified atom stereocenters. The Morgan fingerprint density at radius 2 is 2.00 bits per heavy atom. The quantitative estimate of drug-likeness (QED) is 0.775. The number of Topliss-reactive ketones (excluding diaryl/α,β-unsaturated/α-hetero) is 1. The number of hydrogen-bond donors (Lipinski definition) is 0. The van der Waals surface area contributed by atoms with Crippen LogP contribution in [0, 0.1) is 5.82 Å². The number of amides is 1. The lowest BCUT2D eigenvalue weighted by Crippen LogP contribution is -2.30. The molecule has 0 spiro atoms. The van der Waals surface area contributed by atoms with E-state index in [0.29, 0.717) is 18.7 Å². The first-order valence-corrected chi connectivity index (χ1v) is 6.69. The van der Waals surface area contributed by atoms with Gasteiger partial charge >= 0.3 is 0 Å². The van der Waals surface area contributed by atoms with Crippen molar-refractivity contribution in [2.45, 2.75) is 25.4 Å². The van der Waals surface area contributed by atoms with E-state index >= 15 is 0 Å². The average molecular weight is 279 g/mol. The zero-order chi connectivity index (χ0) is 14.5. The van der Waals surface area contributed by atoms with Crippen LogP contribution in [0.3, 0.4) is 0 Å². The number of carbonyl (C=O) groups is 2. The van der Waals surface area contributed by atoms with Crippen LogP contribution in [0.15, 0.2) is 24.3 Å². The van der Waals surface area contributed by atoms with Crippen LogP contribution in [0.5, 0.6) is 0 Å². The predicted molar refractivity (Wildman–Crippen MR) is 72.0 cm³/mol. The fourth-order valence-corrected chi connectivity index (χ4v) is 2.31. The van der Waals surface area contributed by atoms with Gasteiger partial charge in [-0.15, -0.1) is 0 Å². The number of rotatable bonds is 5. The zero-order valence-electron chi connectivity index (χ0n) is 11.5. The van der Waals surface area contributed by atoms with Crippen LogP contribution in [-0.2, 0) is 9.53 Å². The normalized spacial score (nSPS) is 18.3. The average Bonchev–Trinajstić information content (AvgIpc) is 2.94. The van der Waals surface area contributed by atoms with E-state index in [-0.39, 0.29) is 36.5 Å². The van der Waals surface area contributed by atoms with Crippen LogP contribution in [0.25, 0.3) is 0 Å². The number of halogens is 1. The Kier molecular flexibility index (Phi) is 4.84. The zero-order valence-corrected chi connectivity index (χ0v) is 11.5. The van der Waals surface area contributed by atoms with Crippen molar-refractivity contribution < 1.29 is 18.7 Å². The summed E-state index contributed by atoms with van der Waals surface area (Å²) in [6.45, 7) is 1.28. The van der Waals surface area contributed by atoms with Crippen LogP contribution in [-0.4, -0.2) is 42.9 Å². The van der Waals surface area contributed by atoms with Gasteiger partial charge in [0, 0.05) is 38.6 Å². The fourth-order valence-electron chi connectivity index (χ4n) is 2.31. The number of benzene rings is 1. The molecule has 20 heavy (non-hydrogen) atoms. The van der Waals surface area contributed by atoms with Gasteiger partial charge in [0.05, 0.1) is 6.10 Å². The molecule has 1 amide bonds. The van der Waals surface area contributed by atoms with Crippen LogP contribution in [0.1, 0.15) is 29.6 Å². The number of methoxy groups -OCH3 is 1. The van der Waals surface area contributed by atoms with Crippen molar-refractivity contribution in [2.24, 2.45) is 0 Å². The maximum Gasteiger partial charge on any atom is 0.223 e. The summed E-state index contributed by atoms with van der Waals surface area (Å²) >= 11 is 0. The van der Waals surface area contributed by atoms with Gasteiger partial charge < -0.3 is 9.64 Å². The number of carbonyl (C=O) groups excluding carboxylic acids is 2. The number of nitrogens with zero attached hydrogens (tertiary/aromatic N) is 1. The second-order valence-electron chi connectivity index (χ2n) is 4.92. The monoisotopic (exact) mass is 279 g/mol. The highest BCUT2D eigenvalue weighted by atomic mass is 19.1. The largest absolute Gasteiger partial charge is 0.380 e. The molecule has 1 atom stereocenters. The molecule has 1 fully saturated rings. The summed E-state index contributed by atoms with van der Waals surface area (Å²) in [7, 11) is 1.64. The Balaban J connectivity index is 1.81. The van der Waals surface area contributed by atoms with Gasteiger partial charge in [0.2, 0.25) is 5.91 Å². The molecule has 0 N–H and O–H groups in total. The molecule has 108 valence electrons.